The van der Waals surface area contributed by atoms with E-state index in [1.54, 1.807) is 31.4 Å². The number of carbonyl (C=O) groups excluding carboxylic acids is 2. The number of ether oxygens (including phenoxy) is 1. The summed E-state index contributed by atoms with van der Waals surface area (Å²) < 4.78 is 5.03. The van der Waals surface area contributed by atoms with Crippen LogP contribution in [-0.4, -0.2) is 33.9 Å². The first-order chi connectivity index (χ1) is 10.1. The van der Waals surface area contributed by atoms with Crippen LogP contribution in [0.1, 0.15) is 6.92 Å². The summed E-state index contributed by atoms with van der Waals surface area (Å²) in [5.41, 5.74) is 0.648. The molecule has 0 radical (unpaired) electrons. The molecule has 2 rings (SSSR count). The van der Waals surface area contributed by atoms with Gasteiger partial charge in [-0.15, -0.1) is 5.10 Å². The number of rotatable bonds is 5. The fourth-order valence-electron chi connectivity index (χ4n) is 1.61. The molecule has 1 aromatic heterocycles. The van der Waals surface area contributed by atoms with E-state index in [9.17, 15) is 9.59 Å². The number of carbonyl (C=O) groups is 2. The van der Waals surface area contributed by atoms with Crippen molar-refractivity contribution in [2.45, 2.75) is 13.5 Å². The number of nitrogens with one attached hydrogen (secondary N) is 2. The highest BCUT2D eigenvalue weighted by atomic mass is 16.5. The first kappa shape index (κ1) is 14.5. The second kappa shape index (κ2) is 6.51. The molecule has 1 aromatic carbocycles. The molecular formula is C13H15N5O3. The van der Waals surface area contributed by atoms with Gasteiger partial charge in [-0.3, -0.25) is 9.59 Å². The minimum Gasteiger partial charge on any atom is -0.497 e. The predicted octanol–water partition coefficient (Wildman–Crippen LogP) is 0.884. The lowest BCUT2D eigenvalue weighted by Crippen LogP contribution is -2.20. The Morgan fingerprint density at radius 2 is 1.95 bits per heavy atom. The summed E-state index contributed by atoms with van der Waals surface area (Å²) in [4.78, 5) is 23.9. The highest BCUT2D eigenvalue weighted by molar-refractivity contribution is 5.90. The molecule has 0 fully saturated rings. The lowest BCUT2D eigenvalue weighted by atomic mass is 10.3. The van der Waals surface area contributed by atoms with Crippen molar-refractivity contribution in [2.75, 3.05) is 17.7 Å². The van der Waals surface area contributed by atoms with Crippen molar-refractivity contribution in [3.8, 4) is 5.75 Å². The Hall–Kier alpha value is -2.90. The van der Waals surface area contributed by atoms with Crippen molar-refractivity contribution in [1.82, 2.24) is 15.0 Å². The minimum absolute atomic E-state index is 0.0500. The number of amides is 2. The molecule has 21 heavy (non-hydrogen) atoms. The second-order valence-electron chi connectivity index (χ2n) is 4.22. The van der Waals surface area contributed by atoms with Crippen molar-refractivity contribution in [3.05, 3.63) is 30.5 Å². The van der Waals surface area contributed by atoms with Gasteiger partial charge in [-0.05, 0) is 24.3 Å². The fourth-order valence-corrected chi connectivity index (χ4v) is 1.61. The van der Waals surface area contributed by atoms with E-state index < -0.39 is 0 Å². The van der Waals surface area contributed by atoms with Crippen LogP contribution in [0.25, 0.3) is 0 Å². The third-order valence-corrected chi connectivity index (χ3v) is 2.50. The van der Waals surface area contributed by atoms with Crippen molar-refractivity contribution >= 4 is 23.3 Å². The van der Waals surface area contributed by atoms with Crippen molar-refractivity contribution in [3.63, 3.8) is 0 Å². The number of aromatic nitrogens is 3. The molecule has 0 aliphatic carbocycles. The van der Waals surface area contributed by atoms with Gasteiger partial charge in [0.2, 0.25) is 11.8 Å². The number of benzene rings is 1. The molecule has 0 unspecified atom stereocenters. The van der Waals surface area contributed by atoms with Crippen LogP contribution >= 0.6 is 0 Å². The van der Waals surface area contributed by atoms with Crippen molar-refractivity contribution in [1.29, 1.82) is 0 Å². The molecule has 0 aliphatic rings. The van der Waals surface area contributed by atoms with Crippen LogP contribution in [0.2, 0.25) is 0 Å². The Balaban J connectivity index is 1.91. The molecule has 8 nitrogen and oxygen atoms in total. The van der Waals surface area contributed by atoms with E-state index in [-0.39, 0.29) is 18.4 Å². The van der Waals surface area contributed by atoms with E-state index in [1.165, 1.54) is 17.9 Å². The first-order valence-electron chi connectivity index (χ1n) is 6.18. The third-order valence-electron chi connectivity index (χ3n) is 2.50. The summed E-state index contributed by atoms with van der Waals surface area (Å²) in [6, 6.07) is 6.96. The SMILES string of the molecule is COc1ccc(NC(=O)Cn2ncc(NC(C)=O)n2)cc1. The molecule has 0 saturated carbocycles. The van der Waals surface area contributed by atoms with Crippen LogP contribution in [-0.2, 0) is 16.1 Å². The predicted molar refractivity (Wildman–Crippen MR) is 75.9 cm³/mol. The normalized spacial score (nSPS) is 10.0. The zero-order chi connectivity index (χ0) is 15.2. The topological polar surface area (TPSA) is 98.1 Å². The largest absolute Gasteiger partial charge is 0.497 e. The van der Waals surface area contributed by atoms with E-state index >= 15 is 0 Å². The van der Waals surface area contributed by atoms with Crippen molar-refractivity contribution in [2.24, 2.45) is 0 Å². The lowest BCUT2D eigenvalue weighted by Gasteiger charge is -2.05. The van der Waals surface area contributed by atoms with Crippen LogP contribution in [0, 0.1) is 0 Å². The number of nitrogens with zero attached hydrogens (tertiary/aromatic N) is 3. The Morgan fingerprint density at radius 1 is 1.24 bits per heavy atom. The zero-order valence-electron chi connectivity index (χ0n) is 11.7. The molecule has 1 heterocycles. The molecule has 2 amide bonds. The summed E-state index contributed by atoms with van der Waals surface area (Å²) in [5.74, 6) is 0.497. The fraction of sp³-hybridized carbons (Fsp3) is 0.231. The van der Waals surface area contributed by atoms with Crippen molar-refractivity contribution < 1.29 is 14.3 Å². The smallest absolute Gasteiger partial charge is 0.247 e. The average Bonchev–Trinajstić information content (AvgIpc) is 2.85. The van der Waals surface area contributed by atoms with E-state index in [2.05, 4.69) is 20.8 Å². The number of anilines is 2. The minimum atomic E-state index is -0.273. The Morgan fingerprint density at radius 3 is 2.57 bits per heavy atom. The maximum atomic E-state index is 11.8. The molecule has 0 saturated heterocycles. The van der Waals surface area contributed by atoms with Crippen LogP contribution in [0.5, 0.6) is 5.75 Å². The summed E-state index contributed by atoms with van der Waals surface area (Å²) in [7, 11) is 1.57. The molecule has 0 atom stereocenters. The molecule has 2 aromatic rings. The molecule has 0 spiro atoms. The molecule has 110 valence electrons. The summed E-state index contributed by atoms with van der Waals surface area (Å²) in [6.07, 6.45) is 1.38. The maximum Gasteiger partial charge on any atom is 0.247 e. The number of hydrogen-bond acceptors (Lipinski definition) is 5. The monoisotopic (exact) mass is 289 g/mol. The van der Waals surface area contributed by atoms with E-state index in [0.29, 0.717) is 17.3 Å². The Labute approximate surface area is 121 Å². The van der Waals surface area contributed by atoms with Gasteiger partial charge >= 0.3 is 0 Å². The third kappa shape index (κ3) is 4.30. The average molecular weight is 289 g/mol. The van der Waals surface area contributed by atoms with Gasteiger partial charge in [0.15, 0.2) is 5.82 Å². The molecular weight excluding hydrogens is 274 g/mol. The van der Waals surface area contributed by atoms with E-state index in [1.807, 2.05) is 0 Å². The van der Waals surface area contributed by atoms with Gasteiger partial charge < -0.3 is 15.4 Å². The van der Waals surface area contributed by atoms with E-state index in [4.69, 9.17) is 4.74 Å². The van der Waals surface area contributed by atoms with E-state index in [0.717, 1.165) is 0 Å². The Bertz CT molecular complexity index is 636. The zero-order valence-corrected chi connectivity index (χ0v) is 11.7. The van der Waals surface area contributed by atoms with Gasteiger partial charge in [-0.2, -0.15) is 9.90 Å². The van der Waals surface area contributed by atoms with Gasteiger partial charge in [0, 0.05) is 12.6 Å². The molecule has 2 N–H and O–H groups in total. The summed E-state index contributed by atoms with van der Waals surface area (Å²) >= 11 is 0. The lowest BCUT2D eigenvalue weighted by molar-refractivity contribution is -0.117. The number of hydrogen-bond donors (Lipinski definition) is 2. The summed E-state index contributed by atoms with van der Waals surface area (Å²) in [6.45, 7) is 1.32. The maximum absolute atomic E-state index is 11.8. The highest BCUT2D eigenvalue weighted by Crippen LogP contribution is 2.14. The van der Waals surface area contributed by atoms with Crippen LogP contribution in [0.3, 0.4) is 0 Å². The van der Waals surface area contributed by atoms with Gasteiger partial charge in [0.1, 0.15) is 12.3 Å². The molecule has 8 heteroatoms. The van der Waals surface area contributed by atoms with Gasteiger partial charge in [0.05, 0.1) is 13.3 Å². The standard InChI is InChI=1S/C13H15N5O3/c1-9(19)15-12-7-14-18(17-12)8-13(20)16-10-3-5-11(21-2)6-4-10/h3-7H,8H2,1-2H3,(H,16,20)(H,15,17,19). The van der Waals surface area contributed by atoms with Gasteiger partial charge in [0.25, 0.3) is 0 Å². The molecule has 0 aliphatic heterocycles. The first-order valence-corrected chi connectivity index (χ1v) is 6.18. The van der Waals surface area contributed by atoms with Gasteiger partial charge in [-0.25, -0.2) is 0 Å². The van der Waals surface area contributed by atoms with Crippen LogP contribution in [0.4, 0.5) is 11.5 Å². The van der Waals surface area contributed by atoms with Crippen LogP contribution in [0.15, 0.2) is 30.5 Å². The second-order valence-corrected chi connectivity index (χ2v) is 4.22. The number of methoxy groups -OCH3 is 1. The highest BCUT2D eigenvalue weighted by Gasteiger charge is 2.07. The summed E-state index contributed by atoms with van der Waals surface area (Å²) in [5, 5.41) is 13.0. The quantitative estimate of drug-likeness (QED) is 0.851. The van der Waals surface area contributed by atoms with Gasteiger partial charge in [-0.1, -0.05) is 0 Å². The Kier molecular flexibility index (Phi) is 4.50. The molecule has 0 bridgehead atoms. The van der Waals surface area contributed by atoms with Crippen LogP contribution < -0.4 is 15.4 Å².